The van der Waals surface area contributed by atoms with Crippen LogP contribution in [0.15, 0.2) is 40.9 Å². The summed E-state index contributed by atoms with van der Waals surface area (Å²) in [7, 11) is 0. The summed E-state index contributed by atoms with van der Waals surface area (Å²) < 4.78 is 7.11. The molecule has 0 fully saturated rings. The molecule has 0 saturated carbocycles. The highest BCUT2D eigenvalue weighted by atomic mass is 16.6. The van der Waals surface area contributed by atoms with E-state index in [4.69, 9.17) is 4.42 Å². The van der Waals surface area contributed by atoms with Gasteiger partial charge in [-0.15, -0.1) is 10.2 Å². The number of benzene rings is 1. The molecule has 1 aromatic carbocycles. The van der Waals surface area contributed by atoms with Gasteiger partial charge in [0, 0.05) is 5.39 Å². The Labute approximate surface area is 147 Å². The van der Waals surface area contributed by atoms with Crippen molar-refractivity contribution in [3.8, 4) is 11.6 Å². The van der Waals surface area contributed by atoms with E-state index in [1.54, 1.807) is 6.92 Å². The zero-order valence-corrected chi connectivity index (χ0v) is 14.1. The van der Waals surface area contributed by atoms with E-state index in [-0.39, 0.29) is 12.2 Å². The van der Waals surface area contributed by atoms with Crippen molar-refractivity contribution in [2.24, 2.45) is 0 Å². The van der Waals surface area contributed by atoms with E-state index >= 15 is 0 Å². The third kappa shape index (κ3) is 2.79. The number of nitro groups is 1. The predicted molar refractivity (Wildman–Crippen MR) is 92.5 cm³/mol. The van der Waals surface area contributed by atoms with Crippen LogP contribution in [0.2, 0.25) is 0 Å². The van der Waals surface area contributed by atoms with Crippen LogP contribution >= 0.6 is 0 Å². The lowest BCUT2D eigenvalue weighted by molar-refractivity contribution is -0.385. The van der Waals surface area contributed by atoms with Crippen molar-refractivity contribution in [3.05, 3.63) is 63.8 Å². The van der Waals surface area contributed by atoms with Crippen LogP contribution in [-0.2, 0) is 6.54 Å². The Morgan fingerprint density at radius 1 is 1.19 bits per heavy atom. The summed E-state index contributed by atoms with van der Waals surface area (Å²) in [5, 5.41) is 23.9. The zero-order valence-electron chi connectivity index (χ0n) is 14.1. The topological polar surface area (TPSA) is 113 Å². The molecule has 9 nitrogen and oxygen atoms in total. The third-order valence-corrected chi connectivity index (χ3v) is 4.09. The summed E-state index contributed by atoms with van der Waals surface area (Å²) in [5.41, 5.74) is 2.95. The second-order valence-electron chi connectivity index (χ2n) is 5.92. The van der Waals surface area contributed by atoms with E-state index in [1.807, 2.05) is 31.2 Å². The molecule has 0 radical (unpaired) electrons. The van der Waals surface area contributed by atoms with Gasteiger partial charge in [-0.2, -0.15) is 5.10 Å². The normalized spacial score (nSPS) is 11.2. The molecular weight excluding hydrogens is 336 g/mol. The van der Waals surface area contributed by atoms with Crippen LogP contribution in [0.25, 0.3) is 22.5 Å². The van der Waals surface area contributed by atoms with Crippen molar-refractivity contribution < 1.29 is 9.34 Å². The number of aryl methyl sites for hydroxylation is 1. The molecule has 0 atom stereocenters. The summed E-state index contributed by atoms with van der Waals surface area (Å²) >= 11 is 0. The second kappa shape index (κ2) is 6.03. The van der Waals surface area contributed by atoms with E-state index in [0.717, 1.165) is 16.5 Å². The second-order valence-corrected chi connectivity index (χ2v) is 5.92. The highest BCUT2D eigenvalue weighted by Gasteiger charge is 2.18. The molecule has 0 aliphatic carbocycles. The number of rotatable bonds is 4. The van der Waals surface area contributed by atoms with Crippen molar-refractivity contribution in [2.45, 2.75) is 20.4 Å². The first-order valence-corrected chi connectivity index (χ1v) is 7.88. The first-order valence-electron chi connectivity index (χ1n) is 7.88. The van der Waals surface area contributed by atoms with Gasteiger partial charge in [-0.1, -0.05) is 17.7 Å². The standard InChI is InChI=1S/C17H14N6O3/c1-10-3-5-13-12(7-10)4-6-14(19-13)17-21-20-16(26-17)9-22-11(2)15(8-18-22)23(24)25/h3-8H,9H2,1-2H3. The summed E-state index contributed by atoms with van der Waals surface area (Å²) in [6, 6.07) is 9.76. The summed E-state index contributed by atoms with van der Waals surface area (Å²) in [6.07, 6.45) is 1.21. The molecule has 0 aliphatic heterocycles. The van der Waals surface area contributed by atoms with Gasteiger partial charge in [0.2, 0.25) is 5.89 Å². The van der Waals surface area contributed by atoms with E-state index in [2.05, 4.69) is 26.3 Å². The number of nitrogens with zero attached hydrogens (tertiary/aromatic N) is 6. The maximum absolute atomic E-state index is 10.9. The van der Waals surface area contributed by atoms with Crippen LogP contribution in [0, 0.1) is 24.0 Å². The Morgan fingerprint density at radius 3 is 2.81 bits per heavy atom. The third-order valence-electron chi connectivity index (χ3n) is 4.09. The van der Waals surface area contributed by atoms with Gasteiger partial charge in [-0.05, 0) is 32.0 Å². The van der Waals surface area contributed by atoms with Gasteiger partial charge in [0.25, 0.3) is 5.89 Å². The van der Waals surface area contributed by atoms with Crippen LogP contribution in [-0.4, -0.2) is 29.9 Å². The van der Waals surface area contributed by atoms with Crippen molar-refractivity contribution in [2.75, 3.05) is 0 Å². The van der Waals surface area contributed by atoms with Gasteiger partial charge in [0.1, 0.15) is 24.1 Å². The fourth-order valence-electron chi connectivity index (χ4n) is 2.69. The summed E-state index contributed by atoms with van der Waals surface area (Å²) in [4.78, 5) is 15.0. The number of aromatic nitrogens is 5. The van der Waals surface area contributed by atoms with Gasteiger partial charge in [0.05, 0.1) is 10.4 Å². The number of fused-ring (bicyclic) bond motifs is 1. The first-order chi connectivity index (χ1) is 12.5. The van der Waals surface area contributed by atoms with Crippen LogP contribution in [0.5, 0.6) is 0 Å². The molecule has 0 aliphatic rings. The molecular formula is C17H14N6O3. The molecule has 4 rings (SSSR count). The lowest BCUT2D eigenvalue weighted by Gasteiger charge is -2.01. The minimum Gasteiger partial charge on any atom is -0.417 e. The minimum absolute atomic E-state index is 0.0452. The van der Waals surface area contributed by atoms with Crippen LogP contribution in [0.3, 0.4) is 0 Å². The fraction of sp³-hybridized carbons (Fsp3) is 0.176. The van der Waals surface area contributed by atoms with Gasteiger partial charge < -0.3 is 4.42 Å². The highest BCUT2D eigenvalue weighted by molar-refractivity contribution is 5.81. The Hall–Kier alpha value is -3.62. The molecule has 0 spiro atoms. The number of hydrogen-bond acceptors (Lipinski definition) is 7. The minimum atomic E-state index is -0.473. The zero-order chi connectivity index (χ0) is 18.3. The molecule has 0 bridgehead atoms. The van der Waals surface area contributed by atoms with E-state index in [9.17, 15) is 10.1 Å². The molecule has 0 unspecified atom stereocenters. The maximum atomic E-state index is 10.9. The number of pyridine rings is 1. The van der Waals surface area contributed by atoms with Gasteiger partial charge in [-0.3, -0.25) is 14.8 Å². The van der Waals surface area contributed by atoms with Gasteiger partial charge in [0.15, 0.2) is 0 Å². The summed E-state index contributed by atoms with van der Waals surface area (Å²) in [6.45, 7) is 3.80. The Balaban J connectivity index is 1.62. The van der Waals surface area contributed by atoms with Crippen molar-refractivity contribution in [1.29, 1.82) is 0 Å². The SMILES string of the molecule is Cc1ccc2nc(-c3nnc(Cn4ncc([N+](=O)[O-])c4C)o3)ccc2c1. The van der Waals surface area contributed by atoms with Gasteiger partial charge >= 0.3 is 5.69 Å². The van der Waals surface area contributed by atoms with Crippen LogP contribution in [0.4, 0.5) is 5.69 Å². The van der Waals surface area contributed by atoms with Crippen molar-refractivity contribution in [3.63, 3.8) is 0 Å². The predicted octanol–water partition coefficient (Wildman–Crippen LogP) is 3.05. The van der Waals surface area contributed by atoms with Crippen LogP contribution < -0.4 is 0 Å². The highest BCUT2D eigenvalue weighted by Crippen LogP contribution is 2.22. The molecule has 0 N–H and O–H groups in total. The maximum Gasteiger partial charge on any atom is 0.309 e. The smallest absolute Gasteiger partial charge is 0.309 e. The molecule has 26 heavy (non-hydrogen) atoms. The molecule has 3 heterocycles. The van der Waals surface area contributed by atoms with Crippen molar-refractivity contribution in [1.82, 2.24) is 25.0 Å². The molecule has 4 aromatic rings. The molecule has 0 saturated heterocycles. The van der Waals surface area contributed by atoms with E-state index < -0.39 is 4.92 Å². The number of hydrogen-bond donors (Lipinski definition) is 0. The van der Waals surface area contributed by atoms with E-state index in [0.29, 0.717) is 23.2 Å². The van der Waals surface area contributed by atoms with Gasteiger partial charge in [-0.25, -0.2) is 4.98 Å². The Morgan fingerprint density at radius 2 is 2.04 bits per heavy atom. The summed E-state index contributed by atoms with van der Waals surface area (Å²) in [5.74, 6) is 0.591. The molecule has 3 aromatic heterocycles. The van der Waals surface area contributed by atoms with Crippen molar-refractivity contribution >= 4 is 16.6 Å². The largest absolute Gasteiger partial charge is 0.417 e. The lowest BCUT2D eigenvalue weighted by Crippen LogP contribution is -2.04. The molecule has 130 valence electrons. The average Bonchev–Trinajstić information content (AvgIpc) is 3.22. The van der Waals surface area contributed by atoms with Crippen LogP contribution in [0.1, 0.15) is 17.1 Å². The fourth-order valence-corrected chi connectivity index (χ4v) is 2.69. The quantitative estimate of drug-likeness (QED) is 0.410. The Kier molecular flexibility index (Phi) is 3.68. The molecule has 0 amide bonds. The van der Waals surface area contributed by atoms with E-state index in [1.165, 1.54) is 10.9 Å². The Bertz CT molecular complexity index is 1130. The first kappa shape index (κ1) is 15.9. The molecule has 9 heteroatoms. The average molecular weight is 350 g/mol. The lowest BCUT2D eigenvalue weighted by atomic mass is 10.1. The monoisotopic (exact) mass is 350 g/mol.